The second-order valence-corrected chi connectivity index (χ2v) is 10.5. The summed E-state index contributed by atoms with van der Waals surface area (Å²) in [6, 6.07) is 12.3. The third kappa shape index (κ3) is 5.81. The molecule has 1 aromatic heterocycles. The fourth-order valence-corrected chi connectivity index (χ4v) is 6.14. The first-order valence-electron chi connectivity index (χ1n) is 11.1. The van der Waals surface area contributed by atoms with Gasteiger partial charge in [-0.1, -0.05) is 36.2 Å². The van der Waals surface area contributed by atoms with E-state index in [1.54, 1.807) is 35.4 Å². The minimum Gasteiger partial charge on any atom is -0.438 e. The molecule has 1 atom stereocenters. The molecular formula is C23H28N4O5S. The molecule has 176 valence electrons. The average molecular weight is 473 g/mol. The van der Waals surface area contributed by atoms with Crippen molar-refractivity contribution in [1.29, 1.82) is 0 Å². The summed E-state index contributed by atoms with van der Waals surface area (Å²) >= 11 is 0. The van der Waals surface area contributed by atoms with E-state index in [4.69, 9.17) is 15.3 Å². The van der Waals surface area contributed by atoms with Crippen molar-refractivity contribution < 1.29 is 22.8 Å². The molecule has 1 aliphatic carbocycles. The Hall–Kier alpha value is -3.14. The van der Waals surface area contributed by atoms with E-state index in [2.05, 4.69) is 10.1 Å². The Morgan fingerprint density at radius 3 is 2.55 bits per heavy atom. The number of hydrogen-bond acceptors (Lipinski definition) is 7. The van der Waals surface area contributed by atoms with Crippen LogP contribution in [-0.4, -0.2) is 60.2 Å². The van der Waals surface area contributed by atoms with Crippen LogP contribution < -0.4 is 10.5 Å². The molecule has 10 heteroatoms. The van der Waals surface area contributed by atoms with Crippen molar-refractivity contribution in [2.75, 3.05) is 18.1 Å². The summed E-state index contributed by atoms with van der Waals surface area (Å²) in [6.45, 7) is -0.317. The molecular weight excluding hydrogens is 444 g/mol. The number of aromatic nitrogens is 1. The number of sulfone groups is 1. The van der Waals surface area contributed by atoms with Crippen molar-refractivity contribution in [2.45, 2.75) is 44.2 Å². The molecule has 9 nitrogen and oxygen atoms in total. The van der Waals surface area contributed by atoms with Crippen molar-refractivity contribution >= 4 is 21.6 Å². The highest BCUT2D eigenvalue weighted by Gasteiger charge is 2.39. The maximum absolute atomic E-state index is 13.0. The van der Waals surface area contributed by atoms with Gasteiger partial charge in [0.1, 0.15) is 5.75 Å². The normalized spacial score (nSPS) is 20.5. The van der Waals surface area contributed by atoms with Crippen molar-refractivity contribution in [3.8, 4) is 11.6 Å². The Labute approximate surface area is 193 Å². The zero-order valence-corrected chi connectivity index (χ0v) is 19.1. The van der Waals surface area contributed by atoms with E-state index in [9.17, 15) is 13.2 Å². The maximum Gasteiger partial charge on any atom is 0.263 e. The zero-order valence-electron chi connectivity index (χ0n) is 18.3. The second-order valence-electron chi connectivity index (χ2n) is 8.32. The Balaban J connectivity index is 1.43. The highest BCUT2D eigenvalue weighted by molar-refractivity contribution is 7.91. The zero-order chi connectivity index (χ0) is 23.3. The molecule has 2 aliphatic rings. The number of rotatable bonds is 8. The van der Waals surface area contributed by atoms with Crippen LogP contribution in [0.5, 0.6) is 11.6 Å². The number of carbonyl (C=O) groups excluding carboxylic acids is 1. The van der Waals surface area contributed by atoms with E-state index in [1.165, 1.54) is 0 Å². The molecule has 4 rings (SSSR count). The molecule has 0 radical (unpaired) electrons. The molecule has 1 saturated heterocycles. The number of para-hydroxylation sites is 1. The van der Waals surface area contributed by atoms with Gasteiger partial charge in [-0.05, 0) is 43.5 Å². The molecule has 33 heavy (non-hydrogen) atoms. The van der Waals surface area contributed by atoms with Gasteiger partial charge in [-0.15, -0.1) is 0 Å². The van der Waals surface area contributed by atoms with Gasteiger partial charge in [0.2, 0.25) is 5.88 Å². The summed E-state index contributed by atoms with van der Waals surface area (Å²) in [4.78, 5) is 24.3. The Bertz CT molecular complexity index is 1100. The summed E-state index contributed by atoms with van der Waals surface area (Å²) in [7, 11) is -3.11. The largest absolute Gasteiger partial charge is 0.438 e. The summed E-state index contributed by atoms with van der Waals surface area (Å²) in [5.74, 6) is 0.746. The first-order valence-corrected chi connectivity index (χ1v) is 12.9. The van der Waals surface area contributed by atoms with E-state index in [1.807, 2.05) is 18.2 Å². The lowest BCUT2D eigenvalue weighted by molar-refractivity contribution is -0.140. The molecule has 2 aromatic rings. The van der Waals surface area contributed by atoms with Crippen LogP contribution in [-0.2, 0) is 19.5 Å². The molecule has 1 aromatic carbocycles. The molecule has 2 heterocycles. The Morgan fingerprint density at radius 1 is 1.09 bits per heavy atom. The smallest absolute Gasteiger partial charge is 0.263 e. The van der Waals surface area contributed by atoms with Gasteiger partial charge in [-0.2, -0.15) is 0 Å². The van der Waals surface area contributed by atoms with Gasteiger partial charge in [-0.3, -0.25) is 4.79 Å². The highest BCUT2D eigenvalue weighted by Crippen LogP contribution is 2.29. The molecule has 1 saturated carbocycles. The standard InChI is InChI=1S/C23H28N4O5S/c24-22(20-11-6-13-25-23(20)32-19-9-2-1-3-10-19)26-31-15-21(28)27(17-7-4-5-8-17)18-12-14-33(29,30)16-18/h1-3,6,9-11,13,17-18H,4-5,7-8,12,14-16H2,(H2,24,26). The van der Waals surface area contributed by atoms with Gasteiger partial charge in [0.15, 0.2) is 22.3 Å². The lowest BCUT2D eigenvalue weighted by Gasteiger charge is -2.33. The van der Waals surface area contributed by atoms with Crippen LogP contribution in [0.2, 0.25) is 0 Å². The highest BCUT2D eigenvalue weighted by atomic mass is 32.2. The van der Waals surface area contributed by atoms with Gasteiger partial charge in [0, 0.05) is 18.3 Å². The molecule has 2 fully saturated rings. The van der Waals surface area contributed by atoms with E-state index in [0.717, 1.165) is 25.7 Å². The number of nitrogens with zero attached hydrogens (tertiary/aromatic N) is 3. The van der Waals surface area contributed by atoms with Crippen LogP contribution >= 0.6 is 0 Å². The van der Waals surface area contributed by atoms with Crippen LogP contribution in [0.3, 0.4) is 0 Å². The number of amidine groups is 1. The predicted molar refractivity (Wildman–Crippen MR) is 124 cm³/mol. The van der Waals surface area contributed by atoms with Gasteiger partial charge in [0.05, 0.1) is 17.1 Å². The number of pyridine rings is 1. The fraction of sp³-hybridized carbons (Fsp3) is 0.435. The van der Waals surface area contributed by atoms with Crippen molar-refractivity contribution in [2.24, 2.45) is 10.9 Å². The molecule has 0 spiro atoms. The van der Waals surface area contributed by atoms with Crippen molar-refractivity contribution in [1.82, 2.24) is 9.88 Å². The summed E-state index contributed by atoms with van der Waals surface area (Å²) in [5, 5.41) is 3.91. The van der Waals surface area contributed by atoms with E-state index in [0.29, 0.717) is 17.7 Å². The number of amides is 1. The minimum atomic E-state index is -3.11. The van der Waals surface area contributed by atoms with Gasteiger partial charge < -0.3 is 20.2 Å². The maximum atomic E-state index is 13.0. The average Bonchev–Trinajstić information content (AvgIpc) is 3.45. The first-order chi connectivity index (χ1) is 15.9. The Kier molecular flexibility index (Phi) is 7.12. The minimum absolute atomic E-state index is 0.0104. The van der Waals surface area contributed by atoms with Gasteiger partial charge in [-0.25, -0.2) is 13.4 Å². The SMILES string of the molecule is N/C(=N/OCC(=O)N(C1CCCC1)C1CCS(=O)(=O)C1)c1cccnc1Oc1ccccc1. The van der Waals surface area contributed by atoms with Crippen LogP contribution in [0, 0.1) is 0 Å². The fourth-order valence-electron chi connectivity index (χ4n) is 4.43. The molecule has 2 N–H and O–H groups in total. The molecule has 1 unspecified atom stereocenters. The topological polar surface area (TPSA) is 124 Å². The lowest BCUT2D eigenvalue weighted by atomic mass is 10.1. The van der Waals surface area contributed by atoms with Crippen molar-refractivity contribution in [3.05, 3.63) is 54.2 Å². The van der Waals surface area contributed by atoms with Crippen molar-refractivity contribution in [3.63, 3.8) is 0 Å². The number of hydrogen-bond donors (Lipinski definition) is 1. The monoisotopic (exact) mass is 472 g/mol. The van der Waals surface area contributed by atoms with Crippen LogP contribution in [0.4, 0.5) is 0 Å². The number of oxime groups is 1. The van der Waals surface area contributed by atoms with Gasteiger partial charge >= 0.3 is 0 Å². The first kappa shape index (κ1) is 23.0. The third-order valence-corrected chi connectivity index (χ3v) is 7.71. The number of carbonyl (C=O) groups is 1. The summed E-state index contributed by atoms with van der Waals surface area (Å²) < 4.78 is 29.8. The number of ether oxygens (including phenoxy) is 1. The van der Waals surface area contributed by atoms with E-state index < -0.39 is 9.84 Å². The Morgan fingerprint density at radius 2 is 1.85 bits per heavy atom. The number of benzene rings is 1. The summed E-state index contributed by atoms with van der Waals surface area (Å²) in [5.41, 5.74) is 6.53. The van der Waals surface area contributed by atoms with Gasteiger partial charge in [0.25, 0.3) is 5.91 Å². The lowest BCUT2D eigenvalue weighted by Crippen LogP contribution is -2.48. The second kappa shape index (κ2) is 10.2. The third-order valence-electron chi connectivity index (χ3n) is 5.96. The number of nitrogens with two attached hydrogens (primary N) is 1. The van der Waals surface area contributed by atoms with Crippen LogP contribution in [0.1, 0.15) is 37.7 Å². The molecule has 1 aliphatic heterocycles. The van der Waals surface area contributed by atoms with E-state index in [-0.39, 0.29) is 47.8 Å². The van der Waals surface area contributed by atoms with E-state index >= 15 is 0 Å². The predicted octanol–water partition coefficient (Wildman–Crippen LogP) is 2.47. The quantitative estimate of drug-likeness (QED) is 0.355. The summed E-state index contributed by atoms with van der Waals surface area (Å²) in [6.07, 6.45) is 5.86. The molecule has 1 amide bonds. The molecule has 0 bridgehead atoms. The van der Waals surface area contributed by atoms with Crippen LogP contribution in [0.15, 0.2) is 53.8 Å². The van der Waals surface area contributed by atoms with Crippen LogP contribution in [0.25, 0.3) is 0 Å².